The minimum Gasteiger partial charge on any atom is -0.347 e. The Balaban J connectivity index is 1.56. The zero-order valence-electron chi connectivity index (χ0n) is 13.4. The molecule has 0 N–H and O–H groups in total. The molecule has 2 fully saturated rings. The summed E-state index contributed by atoms with van der Waals surface area (Å²) < 4.78 is 0. The van der Waals surface area contributed by atoms with E-state index in [0.717, 1.165) is 26.2 Å². The summed E-state index contributed by atoms with van der Waals surface area (Å²) >= 11 is 1.83. The summed E-state index contributed by atoms with van der Waals surface area (Å²) in [6, 6.07) is 4.33. The molecule has 2 aliphatic heterocycles. The number of hydrogen-bond acceptors (Lipinski definition) is 4. The Morgan fingerprint density at radius 1 is 1.32 bits per heavy atom. The highest BCUT2D eigenvalue weighted by Gasteiger charge is 2.46. The first-order valence-electron chi connectivity index (χ1n) is 7.70. The molecule has 2 atom stereocenters. The lowest BCUT2D eigenvalue weighted by Gasteiger charge is -2.22. The van der Waals surface area contributed by atoms with Crippen LogP contribution in [0.5, 0.6) is 0 Å². The molecule has 22 heavy (non-hydrogen) atoms. The largest absolute Gasteiger partial charge is 0.347 e. The van der Waals surface area contributed by atoms with Crippen molar-refractivity contribution in [1.29, 1.82) is 0 Å². The maximum Gasteiger partial charge on any atom is 0.241 e. The van der Waals surface area contributed by atoms with Gasteiger partial charge < -0.3 is 9.80 Å². The van der Waals surface area contributed by atoms with E-state index < -0.39 is 0 Å². The predicted octanol–water partition coefficient (Wildman–Crippen LogP) is 1.03. The Bertz CT molecular complexity index is 584. The summed E-state index contributed by atoms with van der Waals surface area (Å²) in [5.74, 6) is 0.615. The van der Waals surface area contributed by atoms with E-state index in [9.17, 15) is 9.59 Å². The van der Waals surface area contributed by atoms with Crippen LogP contribution in [0.25, 0.3) is 0 Å². The molecule has 0 radical (unpaired) electrons. The van der Waals surface area contributed by atoms with Gasteiger partial charge in [0.15, 0.2) is 0 Å². The number of hydrogen-bond donors (Lipinski definition) is 0. The van der Waals surface area contributed by atoms with Gasteiger partial charge in [-0.25, -0.2) is 0 Å². The predicted molar refractivity (Wildman–Crippen MR) is 86.6 cm³/mol. The average Bonchev–Trinajstić information content (AvgIpc) is 3.10. The van der Waals surface area contributed by atoms with E-state index in [2.05, 4.69) is 24.0 Å². The van der Waals surface area contributed by atoms with Crippen LogP contribution >= 0.6 is 11.3 Å². The van der Waals surface area contributed by atoms with Gasteiger partial charge in [-0.15, -0.1) is 11.3 Å². The molecule has 0 aliphatic carbocycles. The van der Waals surface area contributed by atoms with Crippen molar-refractivity contribution in [3.05, 3.63) is 21.9 Å². The summed E-state index contributed by atoms with van der Waals surface area (Å²) in [5, 5.41) is 0. The first kappa shape index (κ1) is 15.5. The molecule has 2 aliphatic rings. The highest BCUT2D eigenvalue weighted by molar-refractivity contribution is 7.11. The lowest BCUT2D eigenvalue weighted by molar-refractivity contribution is -0.138. The molecule has 3 rings (SSSR count). The van der Waals surface area contributed by atoms with Gasteiger partial charge >= 0.3 is 0 Å². The van der Waals surface area contributed by atoms with Crippen molar-refractivity contribution >= 4 is 23.2 Å². The fraction of sp³-hybridized carbons (Fsp3) is 0.625. The Morgan fingerprint density at radius 2 is 2.09 bits per heavy atom. The minimum atomic E-state index is -0.000703. The second kappa shape index (κ2) is 6.01. The average molecular weight is 321 g/mol. The molecule has 1 aromatic rings. The topological polar surface area (TPSA) is 43.9 Å². The molecule has 2 saturated heterocycles. The molecular weight excluding hydrogens is 298 g/mol. The molecule has 6 heteroatoms. The summed E-state index contributed by atoms with van der Waals surface area (Å²) in [6.07, 6.45) is 0. The van der Waals surface area contributed by atoms with Crippen molar-refractivity contribution in [3.8, 4) is 0 Å². The molecule has 1 aromatic heterocycles. The molecule has 0 saturated carbocycles. The van der Waals surface area contributed by atoms with Gasteiger partial charge in [0.1, 0.15) is 0 Å². The number of aryl methyl sites for hydroxylation is 1. The number of fused-ring (bicyclic) bond motifs is 1. The number of likely N-dealkylation sites (tertiary alicyclic amines) is 2. The first-order chi connectivity index (χ1) is 10.4. The summed E-state index contributed by atoms with van der Waals surface area (Å²) in [5.41, 5.74) is 0. The van der Waals surface area contributed by atoms with E-state index in [4.69, 9.17) is 0 Å². The Kier molecular flexibility index (Phi) is 4.23. The Hall–Kier alpha value is -1.40. The molecule has 5 nitrogen and oxygen atoms in total. The van der Waals surface area contributed by atoms with E-state index in [1.54, 1.807) is 23.9 Å². The number of amides is 2. The van der Waals surface area contributed by atoms with E-state index in [0.29, 0.717) is 5.92 Å². The van der Waals surface area contributed by atoms with Crippen LogP contribution in [0.2, 0.25) is 0 Å². The normalized spacial score (nSPS) is 24.9. The minimum absolute atomic E-state index is 0.000703. The van der Waals surface area contributed by atoms with Crippen molar-refractivity contribution < 1.29 is 9.59 Å². The highest BCUT2D eigenvalue weighted by atomic mass is 32.1. The second-order valence-electron chi connectivity index (χ2n) is 6.58. The van der Waals surface area contributed by atoms with Crippen LogP contribution in [0.15, 0.2) is 12.1 Å². The fourth-order valence-corrected chi connectivity index (χ4v) is 4.33. The van der Waals surface area contributed by atoms with Gasteiger partial charge in [0.05, 0.1) is 12.5 Å². The van der Waals surface area contributed by atoms with Crippen molar-refractivity contribution in [2.75, 3.05) is 40.3 Å². The molecule has 0 aromatic carbocycles. The van der Waals surface area contributed by atoms with Crippen LogP contribution in [0, 0.1) is 18.8 Å². The van der Waals surface area contributed by atoms with E-state index in [-0.39, 0.29) is 24.3 Å². The smallest absolute Gasteiger partial charge is 0.241 e. The summed E-state index contributed by atoms with van der Waals surface area (Å²) in [7, 11) is 3.46. The van der Waals surface area contributed by atoms with Gasteiger partial charge in [-0.05, 0) is 19.1 Å². The molecular formula is C16H23N3O2S. The number of carbonyl (C=O) groups excluding carboxylic acids is 2. The van der Waals surface area contributed by atoms with Crippen LogP contribution in [-0.4, -0.2) is 66.8 Å². The number of rotatable bonds is 4. The fourth-order valence-electron chi connectivity index (χ4n) is 3.40. The third-order valence-corrected chi connectivity index (χ3v) is 5.59. The van der Waals surface area contributed by atoms with E-state index in [1.807, 2.05) is 11.3 Å². The molecule has 0 bridgehead atoms. The van der Waals surface area contributed by atoms with Gasteiger partial charge in [-0.2, -0.15) is 0 Å². The SMILES string of the molecule is Cc1ccc(CN2C[C@H]3CN(CC(=O)N(C)C)C(=O)[C@H]3C2)s1. The van der Waals surface area contributed by atoms with Crippen LogP contribution in [-0.2, 0) is 16.1 Å². The highest BCUT2D eigenvalue weighted by Crippen LogP contribution is 2.33. The van der Waals surface area contributed by atoms with Gasteiger partial charge in [-0.3, -0.25) is 14.5 Å². The van der Waals surface area contributed by atoms with Crippen LogP contribution in [0.4, 0.5) is 0 Å². The Morgan fingerprint density at radius 3 is 2.68 bits per heavy atom. The first-order valence-corrected chi connectivity index (χ1v) is 8.52. The lowest BCUT2D eigenvalue weighted by atomic mass is 10.0. The molecule has 0 unspecified atom stereocenters. The van der Waals surface area contributed by atoms with Gasteiger partial charge in [0, 0.05) is 55.9 Å². The Labute approximate surface area is 135 Å². The van der Waals surface area contributed by atoms with Crippen LogP contribution in [0.3, 0.4) is 0 Å². The van der Waals surface area contributed by atoms with Gasteiger partial charge in [-0.1, -0.05) is 0 Å². The van der Waals surface area contributed by atoms with E-state index >= 15 is 0 Å². The zero-order chi connectivity index (χ0) is 15.9. The quantitative estimate of drug-likeness (QED) is 0.832. The summed E-state index contributed by atoms with van der Waals surface area (Å²) in [6.45, 7) is 5.80. The molecule has 120 valence electrons. The maximum absolute atomic E-state index is 12.5. The molecule has 3 heterocycles. The van der Waals surface area contributed by atoms with Crippen molar-refractivity contribution in [2.24, 2.45) is 11.8 Å². The maximum atomic E-state index is 12.5. The molecule has 2 amide bonds. The van der Waals surface area contributed by atoms with Crippen LogP contribution in [0.1, 0.15) is 9.75 Å². The number of thiophene rings is 1. The number of carbonyl (C=O) groups is 2. The lowest BCUT2D eigenvalue weighted by Crippen LogP contribution is -2.40. The number of nitrogens with zero attached hydrogens (tertiary/aromatic N) is 3. The third kappa shape index (κ3) is 3.03. The second-order valence-corrected chi connectivity index (χ2v) is 7.95. The zero-order valence-corrected chi connectivity index (χ0v) is 14.2. The van der Waals surface area contributed by atoms with Crippen molar-refractivity contribution in [3.63, 3.8) is 0 Å². The van der Waals surface area contributed by atoms with Gasteiger partial charge in [0.2, 0.25) is 11.8 Å². The number of likely N-dealkylation sites (N-methyl/N-ethyl adjacent to an activating group) is 1. The van der Waals surface area contributed by atoms with Crippen LogP contribution < -0.4 is 0 Å². The summed E-state index contributed by atoms with van der Waals surface area (Å²) in [4.78, 5) is 32.6. The molecule has 0 spiro atoms. The standard InChI is InChI=1S/C16H23N3O2S/c1-11-4-5-13(22-11)8-18-6-12-7-19(10-15(20)17(2)3)16(21)14(12)9-18/h4-5,12,14H,6-10H2,1-3H3/t12-,14-/m0/s1. The van der Waals surface area contributed by atoms with Crippen molar-refractivity contribution in [2.45, 2.75) is 13.5 Å². The van der Waals surface area contributed by atoms with Gasteiger partial charge in [0.25, 0.3) is 0 Å². The van der Waals surface area contributed by atoms with E-state index in [1.165, 1.54) is 9.75 Å². The van der Waals surface area contributed by atoms with Crippen molar-refractivity contribution in [1.82, 2.24) is 14.7 Å². The third-order valence-electron chi connectivity index (χ3n) is 4.60. The monoisotopic (exact) mass is 321 g/mol.